The number of benzene rings is 1. The summed E-state index contributed by atoms with van der Waals surface area (Å²) in [5.41, 5.74) is 0.677. The molecule has 2 rings (SSSR count). The van der Waals surface area contributed by atoms with Gasteiger partial charge in [-0.25, -0.2) is 9.78 Å². The van der Waals surface area contributed by atoms with Crippen LogP contribution in [0, 0.1) is 0 Å². The summed E-state index contributed by atoms with van der Waals surface area (Å²) in [7, 11) is 0. The third-order valence-electron chi connectivity index (χ3n) is 2.63. The zero-order chi connectivity index (χ0) is 12.8. The van der Waals surface area contributed by atoms with Gasteiger partial charge in [0.2, 0.25) is 5.91 Å². The molecule has 1 unspecified atom stereocenters. The first-order chi connectivity index (χ1) is 8.75. The van der Waals surface area contributed by atoms with Gasteiger partial charge in [0.25, 0.3) is 0 Å². The van der Waals surface area contributed by atoms with E-state index in [4.69, 9.17) is 9.78 Å². The highest BCUT2D eigenvalue weighted by Gasteiger charge is 2.25. The second kappa shape index (κ2) is 6.28. The van der Waals surface area contributed by atoms with Crippen LogP contribution in [0.2, 0.25) is 0 Å². The number of ketones is 1. The number of nitrogens with one attached hydrogen (secondary N) is 1. The summed E-state index contributed by atoms with van der Waals surface area (Å²) in [5, 5.41) is 2.66. The first-order valence-corrected chi connectivity index (χ1v) is 5.91. The molecule has 0 radical (unpaired) electrons. The molecule has 0 saturated carbocycles. The van der Waals surface area contributed by atoms with Crippen LogP contribution in [0.3, 0.4) is 0 Å². The number of rotatable bonds is 4. The monoisotopic (exact) mass is 249 g/mol. The molecule has 1 N–H and O–H groups in total. The van der Waals surface area contributed by atoms with Crippen LogP contribution in [0.1, 0.15) is 19.3 Å². The standard InChI is InChI=1S/C13H15NO4/c15-11(12-7-4-8-17-18-12)9-13(16)14-10-5-2-1-3-6-10/h1-3,5-6,12H,4,7-9H2,(H,14,16). The molecule has 1 heterocycles. The first-order valence-electron chi connectivity index (χ1n) is 5.91. The Morgan fingerprint density at radius 1 is 1.28 bits per heavy atom. The molecule has 1 aliphatic rings. The molecule has 5 nitrogen and oxygen atoms in total. The van der Waals surface area contributed by atoms with Crippen LogP contribution in [0.15, 0.2) is 30.3 Å². The molecule has 0 bridgehead atoms. The molecule has 1 atom stereocenters. The lowest BCUT2D eigenvalue weighted by molar-refractivity contribution is -0.335. The number of hydrogen-bond donors (Lipinski definition) is 1. The quantitative estimate of drug-likeness (QED) is 0.651. The van der Waals surface area contributed by atoms with Crippen molar-refractivity contribution >= 4 is 17.4 Å². The van der Waals surface area contributed by atoms with Gasteiger partial charge in [-0.05, 0) is 25.0 Å². The Balaban J connectivity index is 1.82. The van der Waals surface area contributed by atoms with Crippen molar-refractivity contribution < 1.29 is 19.4 Å². The second-order valence-corrected chi connectivity index (χ2v) is 4.11. The average molecular weight is 249 g/mol. The van der Waals surface area contributed by atoms with Gasteiger partial charge in [0.15, 0.2) is 11.9 Å². The molecule has 0 spiro atoms. The smallest absolute Gasteiger partial charge is 0.231 e. The molecule has 96 valence electrons. The predicted molar refractivity (Wildman–Crippen MR) is 64.8 cm³/mol. The minimum atomic E-state index is -0.611. The maximum atomic E-state index is 11.7. The van der Waals surface area contributed by atoms with Crippen LogP contribution >= 0.6 is 0 Å². The van der Waals surface area contributed by atoms with Gasteiger partial charge in [-0.3, -0.25) is 9.59 Å². The summed E-state index contributed by atoms with van der Waals surface area (Å²) in [4.78, 5) is 33.0. The van der Waals surface area contributed by atoms with Gasteiger partial charge in [-0.2, -0.15) is 0 Å². The van der Waals surface area contributed by atoms with Gasteiger partial charge >= 0.3 is 0 Å². The third-order valence-corrected chi connectivity index (χ3v) is 2.63. The Morgan fingerprint density at radius 2 is 2.06 bits per heavy atom. The minimum absolute atomic E-state index is 0.192. The zero-order valence-electron chi connectivity index (χ0n) is 9.93. The van der Waals surface area contributed by atoms with E-state index in [0.29, 0.717) is 18.7 Å². The molecule has 1 saturated heterocycles. The zero-order valence-corrected chi connectivity index (χ0v) is 9.93. The summed E-state index contributed by atoms with van der Waals surface area (Å²) in [6.45, 7) is 0.500. The minimum Gasteiger partial charge on any atom is -0.326 e. The summed E-state index contributed by atoms with van der Waals surface area (Å²) in [5.74, 6) is -0.580. The van der Waals surface area contributed by atoms with Crippen LogP contribution in [0.25, 0.3) is 0 Å². The number of anilines is 1. The number of para-hydroxylation sites is 1. The summed E-state index contributed by atoms with van der Waals surface area (Å²) >= 11 is 0. The van der Waals surface area contributed by atoms with E-state index < -0.39 is 6.10 Å². The molecular weight excluding hydrogens is 234 g/mol. The van der Waals surface area contributed by atoms with Crippen molar-refractivity contribution in [2.45, 2.75) is 25.4 Å². The Morgan fingerprint density at radius 3 is 2.72 bits per heavy atom. The van der Waals surface area contributed by atoms with Gasteiger partial charge in [-0.1, -0.05) is 18.2 Å². The first kappa shape index (κ1) is 12.7. The van der Waals surface area contributed by atoms with E-state index in [9.17, 15) is 9.59 Å². The van der Waals surface area contributed by atoms with Crippen LogP contribution in [0.5, 0.6) is 0 Å². The van der Waals surface area contributed by atoms with Crippen molar-refractivity contribution in [2.24, 2.45) is 0 Å². The molecule has 0 aliphatic carbocycles. The molecule has 5 heteroatoms. The largest absolute Gasteiger partial charge is 0.326 e. The van der Waals surface area contributed by atoms with E-state index in [1.165, 1.54) is 0 Å². The molecule has 1 fully saturated rings. The highest BCUT2D eigenvalue weighted by molar-refractivity contribution is 6.05. The van der Waals surface area contributed by atoms with E-state index in [1.807, 2.05) is 18.2 Å². The lowest BCUT2D eigenvalue weighted by Gasteiger charge is -2.19. The van der Waals surface area contributed by atoms with Crippen molar-refractivity contribution in [1.82, 2.24) is 0 Å². The number of amides is 1. The van der Waals surface area contributed by atoms with E-state index in [0.717, 1.165) is 6.42 Å². The Kier molecular flexibility index (Phi) is 4.44. The lowest BCUT2D eigenvalue weighted by Crippen LogP contribution is -2.31. The van der Waals surface area contributed by atoms with Crippen molar-refractivity contribution in [2.75, 3.05) is 11.9 Å². The van der Waals surface area contributed by atoms with Crippen LogP contribution < -0.4 is 5.32 Å². The number of Topliss-reactive ketones (excluding diaryl/α,β-unsaturated/α-hetero) is 1. The van der Waals surface area contributed by atoms with Gasteiger partial charge in [-0.15, -0.1) is 0 Å². The van der Waals surface area contributed by atoms with Crippen molar-refractivity contribution in [3.05, 3.63) is 30.3 Å². The number of hydrogen-bond acceptors (Lipinski definition) is 4. The molecule has 1 amide bonds. The number of carbonyl (C=O) groups is 2. The maximum absolute atomic E-state index is 11.7. The Labute approximate surface area is 105 Å². The second-order valence-electron chi connectivity index (χ2n) is 4.11. The van der Waals surface area contributed by atoms with Crippen molar-refractivity contribution in [1.29, 1.82) is 0 Å². The van der Waals surface area contributed by atoms with Crippen LogP contribution in [-0.4, -0.2) is 24.4 Å². The molecule has 1 aromatic carbocycles. The predicted octanol–water partition coefficient (Wildman–Crippen LogP) is 1.69. The highest BCUT2D eigenvalue weighted by atomic mass is 17.2. The van der Waals surface area contributed by atoms with E-state index in [-0.39, 0.29) is 18.1 Å². The Bertz CT molecular complexity index is 412. The average Bonchev–Trinajstić information content (AvgIpc) is 2.40. The van der Waals surface area contributed by atoms with Gasteiger partial charge in [0, 0.05) is 5.69 Å². The fraction of sp³-hybridized carbons (Fsp3) is 0.385. The molecule has 18 heavy (non-hydrogen) atoms. The number of carbonyl (C=O) groups excluding carboxylic acids is 2. The normalized spacial score (nSPS) is 19.2. The molecule has 1 aromatic rings. The third kappa shape index (κ3) is 3.65. The van der Waals surface area contributed by atoms with Gasteiger partial charge in [0.1, 0.15) is 0 Å². The van der Waals surface area contributed by atoms with E-state index in [2.05, 4.69) is 5.32 Å². The van der Waals surface area contributed by atoms with Crippen LogP contribution in [-0.2, 0) is 19.4 Å². The van der Waals surface area contributed by atoms with Gasteiger partial charge < -0.3 is 5.32 Å². The topological polar surface area (TPSA) is 64.6 Å². The lowest BCUT2D eigenvalue weighted by atomic mass is 10.1. The molecule has 0 aromatic heterocycles. The Hall–Kier alpha value is -1.72. The van der Waals surface area contributed by atoms with Crippen molar-refractivity contribution in [3.63, 3.8) is 0 Å². The molecular formula is C13H15NO4. The van der Waals surface area contributed by atoms with Gasteiger partial charge in [0.05, 0.1) is 13.0 Å². The fourth-order valence-electron chi connectivity index (χ4n) is 1.72. The molecule has 1 aliphatic heterocycles. The summed E-state index contributed by atoms with van der Waals surface area (Å²) in [6.07, 6.45) is 0.581. The van der Waals surface area contributed by atoms with Crippen LogP contribution in [0.4, 0.5) is 5.69 Å². The van der Waals surface area contributed by atoms with E-state index in [1.54, 1.807) is 12.1 Å². The fourth-order valence-corrected chi connectivity index (χ4v) is 1.72. The van der Waals surface area contributed by atoms with E-state index >= 15 is 0 Å². The summed E-state index contributed by atoms with van der Waals surface area (Å²) < 4.78 is 0. The highest BCUT2D eigenvalue weighted by Crippen LogP contribution is 2.13. The maximum Gasteiger partial charge on any atom is 0.231 e. The van der Waals surface area contributed by atoms with Crippen molar-refractivity contribution in [3.8, 4) is 0 Å². The summed E-state index contributed by atoms with van der Waals surface area (Å²) in [6, 6.07) is 9.02. The SMILES string of the molecule is O=C(CC(=O)C1CCCOO1)Nc1ccccc1.